The van der Waals surface area contributed by atoms with Crippen molar-refractivity contribution in [2.24, 2.45) is 0 Å². The highest BCUT2D eigenvalue weighted by Gasteiger charge is 2.27. The van der Waals surface area contributed by atoms with Crippen LogP contribution in [0.1, 0.15) is 63.9 Å². The summed E-state index contributed by atoms with van der Waals surface area (Å²) in [5, 5.41) is 11.0. The Hall–Kier alpha value is -2.25. The van der Waals surface area contributed by atoms with Crippen molar-refractivity contribution in [2.75, 3.05) is 39.8 Å². The third-order valence-corrected chi connectivity index (χ3v) is 7.08. The average molecular weight is 579 g/mol. The number of phenolic OH excluding ortho intramolecular Hbond substituents is 1. The molecule has 0 bridgehead atoms. The molecule has 216 valence electrons. The molecule has 1 saturated heterocycles. The number of ether oxygens (including phenoxy) is 1. The minimum absolute atomic E-state index is 0. The van der Waals surface area contributed by atoms with Crippen molar-refractivity contribution < 1.29 is 14.3 Å². The fourth-order valence-electron chi connectivity index (χ4n) is 4.68. The summed E-state index contributed by atoms with van der Waals surface area (Å²) in [6.45, 7) is 18.7. The molecule has 0 aliphatic carbocycles. The van der Waals surface area contributed by atoms with Crippen molar-refractivity contribution >= 4 is 24.8 Å². The van der Waals surface area contributed by atoms with Gasteiger partial charge in [-0.25, -0.2) is 4.98 Å². The van der Waals surface area contributed by atoms with E-state index in [0.717, 1.165) is 60.9 Å². The molecule has 1 N–H and O–H groups in total. The summed E-state index contributed by atoms with van der Waals surface area (Å²) < 4.78 is 11.9. The maximum absolute atomic E-state index is 11.0. The third kappa shape index (κ3) is 8.62. The maximum Gasteiger partial charge on any atom is 0.226 e. The molecule has 0 amide bonds. The van der Waals surface area contributed by atoms with Crippen molar-refractivity contribution in [3.63, 3.8) is 0 Å². The molecule has 1 fully saturated rings. The number of piperazine rings is 1. The normalized spacial score (nSPS) is 14.9. The lowest BCUT2D eigenvalue weighted by Crippen LogP contribution is -2.43. The zero-order chi connectivity index (χ0) is 26.8. The van der Waals surface area contributed by atoms with Crippen LogP contribution < -0.4 is 4.74 Å². The van der Waals surface area contributed by atoms with E-state index in [1.54, 1.807) is 6.26 Å². The number of aromatic nitrogens is 1. The van der Waals surface area contributed by atoms with Crippen LogP contribution in [0.25, 0.3) is 11.5 Å². The summed E-state index contributed by atoms with van der Waals surface area (Å²) in [6, 6.07) is 12.4. The SMILES string of the molecule is CN1CCN(Cc2ccc(OCCc3coc(-c4cc(C(C)(C)C)c(O)c(C(C)(C)C)c4)n3)cc2)CC1.Cl.Cl. The number of likely N-dealkylation sites (N-methyl/N-ethyl adjacent to an activating group) is 1. The topological polar surface area (TPSA) is 62.0 Å². The summed E-state index contributed by atoms with van der Waals surface area (Å²) in [5.41, 5.74) is 4.44. The molecule has 4 rings (SSSR count). The molecule has 6 nitrogen and oxygen atoms in total. The van der Waals surface area contributed by atoms with Crippen LogP contribution in [0.15, 0.2) is 47.1 Å². The van der Waals surface area contributed by atoms with Gasteiger partial charge in [0.25, 0.3) is 0 Å². The first-order valence-electron chi connectivity index (χ1n) is 13.4. The van der Waals surface area contributed by atoms with Crippen LogP contribution in [0.4, 0.5) is 0 Å². The zero-order valence-electron chi connectivity index (χ0n) is 24.4. The smallest absolute Gasteiger partial charge is 0.226 e. The number of oxazole rings is 1. The van der Waals surface area contributed by atoms with E-state index >= 15 is 0 Å². The molecule has 2 heterocycles. The van der Waals surface area contributed by atoms with Crippen molar-refractivity contribution in [3.8, 4) is 23.0 Å². The Bertz CT molecular complexity index is 1150. The van der Waals surface area contributed by atoms with E-state index in [2.05, 4.69) is 82.7 Å². The van der Waals surface area contributed by atoms with E-state index in [9.17, 15) is 5.11 Å². The van der Waals surface area contributed by atoms with Gasteiger partial charge in [0.2, 0.25) is 5.89 Å². The van der Waals surface area contributed by atoms with Gasteiger partial charge in [-0.05, 0) is 47.7 Å². The standard InChI is InChI=1S/C31H43N3O3.2ClH/c1-30(2,3)26-18-23(19-27(28(26)35)31(4,5)6)29-32-24(21-37-29)12-17-36-25-10-8-22(9-11-25)20-34-15-13-33(7)14-16-34;;/h8-11,18-19,21,35H,12-17,20H2,1-7H3;2*1H. The Labute approximate surface area is 246 Å². The fraction of sp³-hybridized carbons (Fsp3) is 0.516. The molecule has 1 aliphatic heterocycles. The van der Waals surface area contributed by atoms with E-state index in [-0.39, 0.29) is 35.6 Å². The van der Waals surface area contributed by atoms with Gasteiger partial charge in [-0.3, -0.25) is 4.90 Å². The molecular weight excluding hydrogens is 533 g/mol. The Kier molecular flexibility index (Phi) is 11.3. The van der Waals surface area contributed by atoms with Crippen molar-refractivity contribution in [1.29, 1.82) is 0 Å². The number of benzene rings is 2. The van der Waals surface area contributed by atoms with Crippen LogP contribution in [-0.2, 0) is 23.8 Å². The first-order chi connectivity index (χ1) is 17.4. The first kappa shape index (κ1) is 33.0. The van der Waals surface area contributed by atoms with Crippen molar-refractivity contribution in [1.82, 2.24) is 14.8 Å². The lowest BCUT2D eigenvalue weighted by atomic mass is 9.78. The first-order valence-corrected chi connectivity index (χ1v) is 13.4. The number of halogens is 2. The molecule has 39 heavy (non-hydrogen) atoms. The highest BCUT2D eigenvalue weighted by atomic mass is 35.5. The van der Waals surface area contributed by atoms with Crippen LogP contribution in [-0.4, -0.2) is 59.7 Å². The quantitative estimate of drug-likeness (QED) is 0.331. The number of nitrogens with zero attached hydrogens (tertiary/aromatic N) is 3. The molecule has 3 aromatic rings. The van der Waals surface area contributed by atoms with Gasteiger partial charge in [0.1, 0.15) is 17.8 Å². The van der Waals surface area contributed by atoms with E-state index in [0.29, 0.717) is 24.7 Å². The van der Waals surface area contributed by atoms with E-state index in [4.69, 9.17) is 14.1 Å². The second-order valence-corrected chi connectivity index (χ2v) is 12.4. The Morgan fingerprint density at radius 3 is 2.00 bits per heavy atom. The van der Waals surface area contributed by atoms with Gasteiger partial charge in [-0.2, -0.15) is 0 Å². The third-order valence-electron chi connectivity index (χ3n) is 7.08. The van der Waals surface area contributed by atoms with E-state index < -0.39 is 0 Å². The Morgan fingerprint density at radius 2 is 1.46 bits per heavy atom. The molecule has 8 heteroatoms. The average Bonchev–Trinajstić information content (AvgIpc) is 3.29. The predicted octanol–water partition coefficient (Wildman–Crippen LogP) is 6.85. The molecule has 0 saturated carbocycles. The van der Waals surface area contributed by atoms with E-state index in [1.807, 2.05) is 12.1 Å². The summed E-state index contributed by atoms with van der Waals surface area (Å²) in [4.78, 5) is 9.61. The number of aromatic hydroxyl groups is 1. The van der Waals surface area contributed by atoms with Crippen LogP contribution in [0.5, 0.6) is 11.5 Å². The van der Waals surface area contributed by atoms with Crippen LogP contribution in [0.2, 0.25) is 0 Å². The number of rotatable bonds is 7. The minimum atomic E-state index is -0.205. The van der Waals surface area contributed by atoms with E-state index in [1.165, 1.54) is 5.56 Å². The zero-order valence-corrected chi connectivity index (χ0v) is 26.0. The summed E-state index contributed by atoms with van der Waals surface area (Å²) in [6.07, 6.45) is 2.36. The Morgan fingerprint density at radius 1 is 0.897 bits per heavy atom. The van der Waals surface area contributed by atoms with Gasteiger partial charge in [0.15, 0.2) is 0 Å². The van der Waals surface area contributed by atoms with Gasteiger partial charge in [0, 0.05) is 55.8 Å². The molecule has 0 atom stereocenters. The lowest BCUT2D eigenvalue weighted by molar-refractivity contribution is 0.148. The minimum Gasteiger partial charge on any atom is -0.507 e. The molecule has 0 spiro atoms. The van der Waals surface area contributed by atoms with Gasteiger partial charge >= 0.3 is 0 Å². The Balaban J connectivity index is 0.00000267. The van der Waals surface area contributed by atoms with Gasteiger partial charge in [-0.15, -0.1) is 24.8 Å². The lowest BCUT2D eigenvalue weighted by Gasteiger charge is -2.32. The summed E-state index contributed by atoms with van der Waals surface area (Å²) in [5.74, 6) is 1.80. The van der Waals surface area contributed by atoms with Gasteiger partial charge in [0.05, 0.1) is 12.3 Å². The second-order valence-electron chi connectivity index (χ2n) is 12.4. The van der Waals surface area contributed by atoms with Crippen LogP contribution in [0.3, 0.4) is 0 Å². The summed E-state index contributed by atoms with van der Waals surface area (Å²) >= 11 is 0. The fourth-order valence-corrected chi connectivity index (χ4v) is 4.68. The largest absolute Gasteiger partial charge is 0.507 e. The molecule has 0 unspecified atom stereocenters. The number of phenols is 1. The van der Waals surface area contributed by atoms with Crippen LogP contribution >= 0.6 is 24.8 Å². The number of hydrogen-bond acceptors (Lipinski definition) is 6. The molecule has 2 aromatic carbocycles. The van der Waals surface area contributed by atoms with Crippen molar-refractivity contribution in [2.45, 2.75) is 65.3 Å². The highest BCUT2D eigenvalue weighted by molar-refractivity contribution is 5.85. The van der Waals surface area contributed by atoms with Crippen LogP contribution in [0, 0.1) is 0 Å². The van der Waals surface area contributed by atoms with Gasteiger partial charge < -0.3 is 19.2 Å². The summed E-state index contributed by atoms with van der Waals surface area (Å²) in [7, 11) is 2.18. The van der Waals surface area contributed by atoms with Crippen molar-refractivity contribution in [3.05, 3.63) is 65.0 Å². The second kappa shape index (κ2) is 13.4. The molecular formula is C31H45Cl2N3O3. The number of hydrogen-bond donors (Lipinski definition) is 1. The molecule has 1 aliphatic rings. The maximum atomic E-state index is 11.0. The molecule has 1 aromatic heterocycles. The highest BCUT2D eigenvalue weighted by Crippen LogP contribution is 2.41. The predicted molar refractivity (Wildman–Crippen MR) is 164 cm³/mol. The monoisotopic (exact) mass is 577 g/mol. The molecule has 0 radical (unpaired) electrons. The van der Waals surface area contributed by atoms with Gasteiger partial charge in [-0.1, -0.05) is 53.7 Å².